The molecule has 1 heterocycles. The first kappa shape index (κ1) is 26.7. The minimum absolute atomic E-state index is 0.129. The van der Waals surface area contributed by atoms with Crippen molar-refractivity contribution in [3.63, 3.8) is 0 Å². The van der Waals surface area contributed by atoms with Gasteiger partial charge < -0.3 is 15.2 Å². The molecule has 5 nitrogen and oxygen atoms in total. The van der Waals surface area contributed by atoms with Crippen LogP contribution >= 0.6 is 0 Å². The predicted octanol–water partition coefficient (Wildman–Crippen LogP) is 6.02. The second kappa shape index (κ2) is 15.2. The number of pyridine rings is 1. The molecule has 0 aliphatic heterocycles. The molecule has 0 unspecified atom stereocenters. The zero-order chi connectivity index (χ0) is 24.7. The van der Waals surface area contributed by atoms with Gasteiger partial charge in [-0.2, -0.15) is 0 Å². The second-order valence-electron chi connectivity index (χ2n) is 9.33. The highest BCUT2D eigenvalue weighted by Crippen LogP contribution is 2.23. The Balaban J connectivity index is 1.37. The van der Waals surface area contributed by atoms with Crippen LogP contribution in [0.15, 0.2) is 60.9 Å². The third-order valence-electron chi connectivity index (χ3n) is 6.30. The van der Waals surface area contributed by atoms with E-state index in [4.69, 9.17) is 4.74 Å². The van der Waals surface area contributed by atoms with Gasteiger partial charge in [0, 0.05) is 25.4 Å². The fraction of sp³-hybridized carbons (Fsp3) is 0.467. The minimum atomic E-state index is -0.527. The number of carbonyl (C=O) groups excluding carboxylic acids is 1. The van der Waals surface area contributed by atoms with Crippen molar-refractivity contribution < 1.29 is 14.6 Å². The van der Waals surface area contributed by atoms with E-state index >= 15 is 0 Å². The highest BCUT2D eigenvalue weighted by Gasteiger charge is 2.08. The average Bonchev–Trinajstić information content (AvgIpc) is 2.89. The van der Waals surface area contributed by atoms with E-state index < -0.39 is 6.10 Å². The molecule has 0 saturated heterocycles. The van der Waals surface area contributed by atoms with Crippen molar-refractivity contribution in [1.29, 1.82) is 0 Å². The smallest absolute Gasteiger partial charge is 0.220 e. The number of hydrogen-bond donors (Lipinski definition) is 2. The Morgan fingerprint density at radius 1 is 0.971 bits per heavy atom. The summed E-state index contributed by atoms with van der Waals surface area (Å²) in [5, 5.41) is 15.5. The van der Waals surface area contributed by atoms with E-state index in [1.54, 1.807) is 6.20 Å². The first-order valence-corrected chi connectivity index (χ1v) is 13.1. The number of ether oxygens (including phenoxy) is 1. The van der Waals surface area contributed by atoms with Crippen LogP contribution in [0.1, 0.15) is 69.4 Å². The number of nitrogens with zero attached hydrogens (tertiary/aromatic N) is 1. The van der Waals surface area contributed by atoms with E-state index in [0.29, 0.717) is 12.8 Å². The van der Waals surface area contributed by atoms with Crippen molar-refractivity contribution in [3.05, 3.63) is 72.1 Å². The van der Waals surface area contributed by atoms with Crippen LogP contribution in [-0.2, 0) is 17.6 Å². The third-order valence-corrected chi connectivity index (χ3v) is 6.30. The Kier molecular flexibility index (Phi) is 11.6. The Hall–Kier alpha value is -2.92. The molecule has 0 bridgehead atoms. The Labute approximate surface area is 209 Å². The van der Waals surface area contributed by atoms with Crippen LogP contribution < -0.4 is 10.1 Å². The Bertz CT molecular complexity index is 1020. The van der Waals surface area contributed by atoms with E-state index in [9.17, 15) is 9.90 Å². The molecule has 3 aromatic rings. The summed E-state index contributed by atoms with van der Waals surface area (Å²) in [5.74, 6) is 0.879. The van der Waals surface area contributed by atoms with Gasteiger partial charge in [-0.25, -0.2) is 0 Å². The number of aromatic nitrogens is 1. The zero-order valence-corrected chi connectivity index (χ0v) is 21.0. The van der Waals surface area contributed by atoms with Gasteiger partial charge in [-0.05, 0) is 65.8 Å². The summed E-state index contributed by atoms with van der Waals surface area (Å²) in [6.07, 6.45) is 13.1. The van der Waals surface area contributed by atoms with E-state index in [0.717, 1.165) is 53.5 Å². The fourth-order valence-electron chi connectivity index (χ4n) is 4.15. The normalized spacial score (nSPS) is 11.9. The molecular weight excluding hydrogens is 436 g/mol. The SMILES string of the molecule is CCCCCCCCNC(=O)CCc1ccc2cc(OC[C@H](O)CCc3cccnc3)ccc2c1. The molecule has 2 N–H and O–H groups in total. The maximum atomic E-state index is 12.2. The largest absolute Gasteiger partial charge is 0.491 e. The number of aryl methyl sites for hydroxylation is 2. The van der Waals surface area contributed by atoms with Crippen LogP contribution in [0.3, 0.4) is 0 Å². The number of aliphatic hydroxyl groups excluding tert-OH is 1. The van der Waals surface area contributed by atoms with Gasteiger partial charge in [0.1, 0.15) is 12.4 Å². The lowest BCUT2D eigenvalue weighted by atomic mass is 10.0. The van der Waals surface area contributed by atoms with E-state index in [1.807, 2.05) is 36.5 Å². The lowest BCUT2D eigenvalue weighted by Crippen LogP contribution is -2.24. The molecule has 1 aromatic heterocycles. The van der Waals surface area contributed by atoms with E-state index in [-0.39, 0.29) is 12.5 Å². The minimum Gasteiger partial charge on any atom is -0.491 e. The standard InChI is InChI=1S/C30H40N2O3/c1-2-3-4-5-6-7-19-32-30(34)17-12-24-10-13-27-21-29(16-14-26(27)20-24)35-23-28(33)15-11-25-9-8-18-31-22-25/h8-10,13-14,16,18,20-22,28,33H,2-7,11-12,15,17,19,23H2,1H3,(H,32,34)/t28-/m1/s1. The number of nitrogens with one attached hydrogen (secondary N) is 1. The highest BCUT2D eigenvalue weighted by atomic mass is 16.5. The number of rotatable bonds is 16. The van der Waals surface area contributed by atoms with Gasteiger partial charge in [0.25, 0.3) is 0 Å². The lowest BCUT2D eigenvalue weighted by molar-refractivity contribution is -0.121. The molecule has 5 heteroatoms. The van der Waals surface area contributed by atoms with Gasteiger partial charge in [-0.3, -0.25) is 9.78 Å². The molecule has 3 rings (SSSR count). The molecule has 0 spiro atoms. The van der Waals surface area contributed by atoms with Crippen molar-refractivity contribution >= 4 is 16.7 Å². The summed E-state index contributed by atoms with van der Waals surface area (Å²) in [4.78, 5) is 16.3. The summed E-state index contributed by atoms with van der Waals surface area (Å²) in [6.45, 7) is 3.27. The molecule has 0 fully saturated rings. The van der Waals surface area contributed by atoms with Gasteiger partial charge in [0.2, 0.25) is 5.91 Å². The van der Waals surface area contributed by atoms with Gasteiger partial charge in [-0.15, -0.1) is 0 Å². The molecule has 1 amide bonds. The molecule has 2 aromatic carbocycles. The van der Waals surface area contributed by atoms with Crippen molar-refractivity contribution in [1.82, 2.24) is 10.3 Å². The van der Waals surface area contributed by atoms with Crippen LogP contribution in [0.25, 0.3) is 10.8 Å². The monoisotopic (exact) mass is 476 g/mol. The van der Waals surface area contributed by atoms with Crippen LogP contribution in [0.2, 0.25) is 0 Å². The molecule has 35 heavy (non-hydrogen) atoms. The third kappa shape index (κ3) is 10.1. The fourth-order valence-corrected chi connectivity index (χ4v) is 4.15. The molecule has 1 atom stereocenters. The number of unbranched alkanes of at least 4 members (excludes halogenated alkanes) is 5. The molecule has 188 valence electrons. The predicted molar refractivity (Wildman–Crippen MR) is 143 cm³/mol. The van der Waals surface area contributed by atoms with Crippen molar-refractivity contribution in [2.24, 2.45) is 0 Å². The van der Waals surface area contributed by atoms with Gasteiger partial charge >= 0.3 is 0 Å². The van der Waals surface area contributed by atoms with Crippen molar-refractivity contribution in [2.75, 3.05) is 13.2 Å². The van der Waals surface area contributed by atoms with Crippen LogP contribution in [0, 0.1) is 0 Å². The molecule has 0 aliphatic carbocycles. The summed E-state index contributed by atoms with van der Waals surface area (Å²) in [5.41, 5.74) is 2.27. The first-order valence-electron chi connectivity index (χ1n) is 13.1. The average molecular weight is 477 g/mol. The van der Waals surface area contributed by atoms with Crippen LogP contribution in [-0.4, -0.2) is 35.3 Å². The van der Waals surface area contributed by atoms with Gasteiger partial charge in [-0.1, -0.05) is 69.4 Å². The molecule has 0 aliphatic rings. The summed E-state index contributed by atoms with van der Waals surface area (Å²) in [7, 11) is 0. The summed E-state index contributed by atoms with van der Waals surface area (Å²) < 4.78 is 5.83. The van der Waals surface area contributed by atoms with Gasteiger partial charge in [0.05, 0.1) is 6.10 Å². The molecule has 0 saturated carbocycles. The first-order chi connectivity index (χ1) is 17.1. The number of amides is 1. The number of benzene rings is 2. The Morgan fingerprint density at radius 3 is 2.60 bits per heavy atom. The maximum absolute atomic E-state index is 12.2. The molecule has 0 radical (unpaired) electrons. The number of hydrogen-bond acceptors (Lipinski definition) is 4. The van der Waals surface area contributed by atoms with E-state index in [1.165, 1.54) is 32.1 Å². The van der Waals surface area contributed by atoms with Crippen LogP contribution in [0.5, 0.6) is 5.75 Å². The zero-order valence-electron chi connectivity index (χ0n) is 21.0. The summed E-state index contributed by atoms with van der Waals surface area (Å²) in [6, 6.07) is 16.2. The highest BCUT2D eigenvalue weighted by molar-refractivity contribution is 5.84. The number of aliphatic hydroxyl groups is 1. The van der Waals surface area contributed by atoms with Gasteiger partial charge in [0.15, 0.2) is 0 Å². The van der Waals surface area contributed by atoms with E-state index in [2.05, 4.69) is 35.4 Å². The quantitative estimate of drug-likeness (QED) is 0.248. The second-order valence-corrected chi connectivity index (χ2v) is 9.33. The maximum Gasteiger partial charge on any atom is 0.220 e. The summed E-state index contributed by atoms with van der Waals surface area (Å²) >= 11 is 0. The number of fused-ring (bicyclic) bond motifs is 1. The van der Waals surface area contributed by atoms with Crippen molar-refractivity contribution in [2.45, 2.75) is 77.2 Å². The van der Waals surface area contributed by atoms with Crippen LogP contribution in [0.4, 0.5) is 0 Å². The number of carbonyl (C=O) groups is 1. The van der Waals surface area contributed by atoms with Crippen molar-refractivity contribution in [3.8, 4) is 5.75 Å². The topological polar surface area (TPSA) is 71.5 Å². The lowest BCUT2D eigenvalue weighted by Gasteiger charge is -2.13. The Morgan fingerprint density at radius 2 is 1.77 bits per heavy atom. The molecular formula is C30H40N2O3.